The molecule has 0 saturated heterocycles. The SMILES string of the molecule is CCOC(=O)COc1ccc(C#N)cc1Cl. The number of halogens is 1. The zero-order valence-electron chi connectivity index (χ0n) is 8.70. The fraction of sp³-hybridized carbons (Fsp3) is 0.273. The van der Waals surface area contributed by atoms with Gasteiger partial charge in [-0.05, 0) is 25.1 Å². The molecule has 1 aromatic carbocycles. The Morgan fingerprint density at radius 1 is 1.56 bits per heavy atom. The smallest absolute Gasteiger partial charge is 0.344 e. The van der Waals surface area contributed by atoms with Gasteiger partial charge in [0, 0.05) is 0 Å². The molecule has 1 rings (SSSR count). The van der Waals surface area contributed by atoms with Crippen molar-refractivity contribution in [1.82, 2.24) is 0 Å². The quantitative estimate of drug-likeness (QED) is 0.756. The predicted octanol–water partition coefficient (Wildman–Crippen LogP) is 2.15. The molecule has 0 spiro atoms. The third kappa shape index (κ3) is 3.44. The second-order valence-corrected chi connectivity index (χ2v) is 3.26. The first kappa shape index (κ1) is 12.3. The Bertz CT molecular complexity index is 426. The Balaban J connectivity index is 2.62. The second kappa shape index (κ2) is 5.99. The molecule has 84 valence electrons. The van der Waals surface area contributed by atoms with Gasteiger partial charge in [-0.15, -0.1) is 0 Å². The van der Waals surface area contributed by atoms with E-state index in [9.17, 15) is 4.79 Å². The highest BCUT2D eigenvalue weighted by molar-refractivity contribution is 6.32. The first-order valence-corrected chi connectivity index (χ1v) is 5.03. The first-order valence-electron chi connectivity index (χ1n) is 4.65. The Hall–Kier alpha value is -1.73. The summed E-state index contributed by atoms with van der Waals surface area (Å²) >= 11 is 5.84. The summed E-state index contributed by atoms with van der Waals surface area (Å²) < 4.78 is 9.82. The number of benzene rings is 1. The van der Waals surface area contributed by atoms with Gasteiger partial charge in [-0.2, -0.15) is 5.26 Å². The maximum atomic E-state index is 11.0. The molecule has 1 aromatic rings. The van der Waals surface area contributed by atoms with Crippen molar-refractivity contribution in [3.05, 3.63) is 28.8 Å². The van der Waals surface area contributed by atoms with Crippen LogP contribution >= 0.6 is 11.6 Å². The Morgan fingerprint density at radius 3 is 2.88 bits per heavy atom. The van der Waals surface area contributed by atoms with Crippen molar-refractivity contribution in [2.24, 2.45) is 0 Å². The van der Waals surface area contributed by atoms with Crippen molar-refractivity contribution in [2.75, 3.05) is 13.2 Å². The fourth-order valence-corrected chi connectivity index (χ4v) is 1.26. The highest BCUT2D eigenvalue weighted by atomic mass is 35.5. The Kier molecular flexibility index (Phi) is 4.62. The van der Waals surface area contributed by atoms with E-state index in [0.717, 1.165) is 0 Å². The van der Waals surface area contributed by atoms with E-state index in [1.165, 1.54) is 6.07 Å². The monoisotopic (exact) mass is 239 g/mol. The number of hydrogen-bond donors (Lipinski definition) is 0. The molecular formula is C11H10ClNO3. The maximum absolute atomic E-state index is 11.0. The molecule has 0 fully saturated rings. The molecule has 0 saturated carbocycles. The van der Waals surface area contributed by atoms with Gasteiger partial charge in [0.15, 0.2) is 6.61 Å². The lowest BCUT2D eigenvalue weighted by atomic mass is 10.2. The number of carbonyl (C=O) groups is 1. The van der Waals surface area contributed by atoms with Crippen LogP contribution in [0.3, 0.4) is 0 Å². The summed E-state index contributed by atoms with van der Waals surface area (Å²) in [6.07, 6.45) is 0. The molecule has 5 heteroatoms. The van der Waals surface area contributed by atoms with Crippen molar-refractivity contribution in [1.29, 1.82) is 5.26 Å². The lowest BCUT2D eigenvalue weighted by molar-refractivity contribution is -0.145. The molecule has 16 heavy (non-hydrogen) atoms. The van der Waals surface area contributed by atoms with Gasteiger partial charge >= 0.3 is 5.97 Å². The molecule has 0 atom stereocenters. The van der Waals surface area contributed by atoms with E-state index >= 15 is 0 Å². The number of rotatable bonds is 4. The van der Waals surface area contributed by atoms with Gasteiger partial charge in [-0.1, -0.05) is 11.6 Å². The van der Waals surface area contributed by atoms with Crippen molar-refractivity contribution in [3.63, 3.8) is 0 Å². The zero-order valence-corrected chi connectivity index (χ0v) is 9.45. The Morgan fingerprint density at radius 2 is 2.31 bits per heavy atom. The Labute approximate surface area is 98.3 Å². The molecule has 0 unspecified atom stereocenters. The molecular weight excluding hydrogens is 230 g/mol. The van der Waals surface area contributed by atoms with Crippen LogP contribution in [-0.4, -0.2) is 19.2 Å². The van der Waals surface area contributed by atoms with E-state index in [0.29, 0.717) is 22.9 Å². The van der Waals surface area contributed by atoms with Gasteiger partial charge in [0.25, 0.3) is 0 Å². The normalized spacial score (nSPS) is 9.31. The summed E-state index contributed by atoms with van der Waals surface area (Å²) in [6, 6.07) is 6.53. The van der Waals surface area contributed by atoms with Crippen LogP contribution in [0.4, 0.5) is 0 Å². The minimum atomic E-state index is -0.456. The number of carbonyl (C=O) groups excluding carboxylic acids is 1. The van der Waals surface area contributed by atoms with Gasteiger partial charge in [-0.25, -0.2) is 4.79 Å². The average molecular weight is 240 g/mol. The van der Waals surface area contributed by atoms with Crippen LogP contribution in [0.25, 0.3) is 0 Å². The van der Waals surface area contributed by atoms with Crippen LogP contribution in [0.1, 0.15) is 12.5 Å². The van der Waals surface area contributed by atoms with Crippen molar-refractivity contribution >= 4 is 17.6 Å². The summed E-state index contributed by atoms with van der Waals surface area (Å²) in [5.41, 5.74) is 0.438. The number of hydrogen-bond acceptors (Lipinski definition) is 4. The molecule has 0 aromatic heterocycles. The van der Waals surface area contributed by atoms with Gasteiger partial charge in [0.05, 0.1) is 23.3 Å². The topological polar surface area (TPSA) is 59.3 Å². The van der Waals surface area contributed by atoms with E-state index in [1.54, 1.807) is 19.1 Å². The van der Waals surface area contributed by atoms with Crippen LogP contribution in [0, 0.1) is 11.3 Å². The molecule has 0 amide bonds. The van der Waals surface area contributed by atoms with Crippen molar-refractivity contribution < 1.29 is 14.3 Å². The van der Waals surface area contributed by atoms with Crippen LogP contribution in [0.5, 0.6) is 5.75 Å². The third-order valence-electron chi connectivity index (χ3n) is 1.71. The molecule has 0 N–H and O–H groups in total. The molecule has 0 radical (unpaired) electrons. The minimum absolute atomic E-state index is 0.195. The van der Waals surface area contributed by atoms with Crippen molar-refractivity contribution in [2.45, 2.75) is 6.92 Å². The molecule has 4 nitrogen and oxygen atoms in total. The summed E-state index contributed by atoms with van der Waals surface area (Å²) in [7, 11) is 0. The molecule has 0 heterocycles. The van der Waals surface area contributed by atoms with E-state index in [-0.39, 0.29) is 6.61 Å². The maximum Gasteiger partial charge on any atom is 0.344 e. The van der Waals surface area contributed by atoms with Crippen LogP contribution in [0.2, 0.25) is 5.02 Å². The van der Waals surface area contributed by atoms with Gasteiger partial charge < -0.3 is 9.47 Å². The predicted molar refractivity (Wildman–Crippen MR) is 58.3 cm³/mol. The van der Waals surface area contributed by atoms with Crippen LogP contribution in [0.15, 0.2) is 18.2 Å². The molecule has 0 bridgehead atoms. The summed E-state index contributed by atoms with van der Waals surface area (Å²) in [6.45, 7) is 1.83. The second-order valence-electron chi connectivity index (χ2n) is 2.85. The van der Waals surface area contributed by atoms with Gasteiger partial charge in [0.2, 0.25) is 0 Å². The van der Waals surface area contributed by atoms with E-state index < -0.39 is 5.97 Å². The van der Waals surface area contributed by atoms with Gasteiger partial charge in [-0.3, -0.25) is 0 Å². The molecule has 0 aliphatic heterocycles. The number of esters is 1. The largest absolute Gasteiger partial charge is 0.480 e. The van der Waals surface area contributed by atoms with E-state index in [2.05, 4.69) is 4.74 Å². The number of nitrogens with zero attached hydrogens (tertiary/aromatic N) is 1. The third-order valence-corrected chi connectivity index (χ3v) is 2.01. The van der Waals surface area contributed by atoms with Crippen LogP contribution in [-0.2, 0) is 9.53 Å². The summed E-state index contributed by atoms with van der Waals surface area (Å²) in [5.74, 6) is -0.100. The zero-order chi connectivity index (χ0) is 12.0. The van der Waals surface area contributed by atoms with Crippen LogP contribution < -0.4 is 4.74 Å². The van der Waals surface area contributed by atoms with Crippen molar-refractivity contribution in [3.8, 4) is 11.8 Å². The minimum Gasteiger partial charge on any atom is -0.480 e. The fourth-order valence-electron chi connectivity index (χ4n) is 1.03. The highest BCUT2D eigenvalue weighted by Crippen LogP contribution is 2.25. The summed E-state index contributed by atoms with van der Waals surface area (Å²) in [5, 5.41) is 8.91. The highest BCUT2D eigenvalue weighted by Gasteiger charge is 2.06. The standard InChI is InChI=1S/C11H10ClNO3/c1-2-15-11(14)7-16-10-4-3-8(6-13)5-9(10)12/h3-5H,2,7H2,1H3. The number of nitriles is 1. The lowest BCUT2D eigenvalue weighted by Gasteiger charge is -2.07. The lowest BCUT2D eigenvalue weighted by Crippen LogP contribution is -2.14. The molecule has 0 aliphatic carbocycles. The number of ether oxygens (including phenoxy) is 2. The first-order chi connectivity index (χ1) is 7.67. The van der Waals surface area contributed by atoms with Gasteiger partial charge in [0.1, 0.15) is 5.75 Å². The van der Waals surface area contributed by atoms with E-state index in [1.807, 2.05) is 6.07 Å². The van der Waals surface area contributed by atoms with E-state index in [4.69, 9.17) is 21.6 Å². The average Bonchev–Trinajstić information content (AvgIpc) is 2.27. The summed E-state index contributed by atoms with van der Waals surface area (Å²) in [4.78, 5) is 11.0. The molecule has 0 aliphatic rings.